The summed E-state index contributed by atoms with van der Waals surface area (Å²) in [5, 5.41) is 92.3. The Balaban J connectivity index is 1.27. The number of aliphatic hydroxyl groups is 8. The molecule has 548 valence electrons. The summed E-state index contributed by atoms with van der Waals surface area (Å²) < 4.78 is 89.5. The first-order valence-corrected chi connectivity index (χ1v) is 35.5. The Morgan fingerprint density at radius 2 is 1.12 bits per heavy atom. The molecule has 27 atom stereocenters. The van der Waals surface area contributed by atoms with Gasteiger partial charge in [0.15, 0.2) is 55.9 Å². The van der Waals surface area contributed by atoms with Gasteiger partial charge in [-0.25, -0.2) is 4.79 Å². The summed E-state index contributed by atoms with van der Waals surface area (Å²) in [5.41, 5.74) is 0.630. The van der Waals surface area contributed by atoms with Crippen LogP contribution in [0.1, 0.15) is 202 Å². The van der Waals surface area contributed by atoms with Crippen molar-refractivity contribution in [1.82, 2.24) is 0 Å². The van der Waals surface area contributed by atoms with Crippen LogP contribution in [0, 0.1) is 5.92 Å². The van der Waals surface area contributed by atoms with Crippen LogP contribution in [-0.2, 0) is 85.5 Å². The minimum Gasteiger partial charge on any atom is -0.456 e. The van der Waals surface area contributed by atoms with E-state index in [0.29, 0.717) is 44.1 Å². The second-order valence-corrected chi connectivity index (χ2v) is 26.8. The highest BCUT2D eigenvalue weighted by Crippen LogP contribution is 2.40. The highest BCUT2D eigenvalue weighted by molar-refractivity contribution is 5.87. The van der Waals surface area contributed by atoms with Crippen molar-refractivity contribution in [2.45, 2.75) is 356 Å². The zero-order chi connectivity index (χ0) is 69.6. The lowest BCUT2D eigenvalue weighted by Crippen LogP contribution is -2.68. The first-order valence-electron chi connectivity index (χ1n) is 35.5. The van der Waals surface area contributed by atoms with Gasteiger partial charge in [0.05, 0.1) is 43.0 Å². The Morgan fingerprint density at radius 3 is 1.81 bits per heavy atom. The zero-order valence-electron chi connectivity index (χ0n) is 57.3. The van der Waals surface area contributed by atoms with Crippen LogP contribution in [0.5, 0.6) is 0 Å². The largest absolute Gasteiger partial charge is 0.456 e. The van der Waals surface area contributed by atoms with Crippen LogP contribution in [0.3, 0.4) is 0 Å². The third kappa shape index (κ3) is 22.3. The van der Waals surface area contributed by atoms with E-state index in [1.807, 2.05) is 0 Å². The molecule has 0 aromatic heterocycles. The molecule has 0 spiro atoms. The lowest BCUT2D eigenvalue weighted by atomic mass is 9.95. The molecule has 6 saturated heterocycles. The second kappa shape index (κ2) is 39.9. The highest BCUT2D eigenvalue weighted by Gasteiger charge is 2.59. The number of unbranched alkanes of at least 4 members (excludes halogenated alkanes) is 8. The van der Waals surface area contributed by atoms with Gasteiger partial charge in [0, 0.05) is 18.9 Å². The molecule has 0 radical (unpaired) electrons. The van der Waals surface area contributed by atoms with Crippen LogP contribution in [0.25, 0.3) is 6.08 Å². The first kappa shape index (κ1) is 79.4. The lowest BCUT2D eigenvalue weighted by Gasteiger charge is -2.51. The quantitative estimate of drug-likeness (QED) is 0.0235. The van der Waals surface area contributed by atoms with E-state index in [9.17, 15) is 60.0 Å². The van der Waals surface area contributed by atoms with Gasteiger partial charge >= 0.3 is 23.9 Å². The SMILES string of the molecule is CCCCCCCCCC(=O)OC1C(OC2C(C)OC3OC4C(OC(CCCCC)CCCCCCCCCC(=O)OC3C2O)OC(C)C(O)C4O)OC(C)C(OC2OC(C)C(OC(=O)C(C)CC)C(O)C2OC(=O)C=Cc2ccccc2)C1OC1OC(CO)C(O)C(O)C1O. The Bertz CT molecular complexity index is 2470. The number of hydrogen-bond donors (Lipinski definition) is 8. The van der Waals surface area contributed by atoms with Crippen LogP contribution in [0.4, 0.5) is 0 Å². The Kier molecular flexibility index (Phi) is 33.1. The number of ether oxygens (including phenoxy) is 14. The maximum atomic E-state index is 14.5. The molecule has 1 aromatic rings. The number of carbonyl (C=O) groups excluding carboxylic acids is 4. The number of aliphatic hydroxyl groups excluding tert-OH is 8. The molecule has 6 aliphatic heterocycles. The molecule has 1 aromatic carbocycles. The van der Waals surface area contributed by atoms with E-state index in [-0.39, 0.29) is 18.9 Å². The second-order valence-electron chi connectivity index (χ2n) is 26.8. The Hall–Kier alpha value is -3.88. The van der Waals surface area contributed by atoms with Gasteiger partial charge in [0.2, 0.25) is 0 Å². The molecule has 6 aliphatic rings. The molecule has 26 nitrogen and oxygen atoms in total. The summed E-state index contributed by atoms with van der Waals surface area (Å²) in [6.45, 7) is 12.9. The Morgan fingerprint density at radius 1 is 0.531 bits per heavy atom. The van der Waals surface area contributed by atoms with Gasteiger partial charge < -0.3 is 107 Å². The van der Waals surface area contributed by atoms with Gasteiger partial charge in [0.25, 0.3) is 0 Å². The van der Waals surface area contributed by atoms with Gasteiger partial charge in [-0.1, -0.05) is 154 Å². The van der Waals surface area contributed by atoms with E-state index in [0.717, 1.165) is 96.0 Å². The fraction of sp³-hybridized carbons (Fsp3) is 0.829. The molecule has 27 unspecified atom stereocenters. The minimum atomic E-state index is -2.06. The van der Waals surface area contributed by atoms with Crippen LogP contribution in [-0.4, -0.2) is 231 Å². The molecule has 96 heavy (non-hydrogen) atoms. The van der Waals surface area contributed by atoms with Gasteiger partial charge in [0.1, 0.15) is 73.2 Å². The monoisotopic (exact) mass is 1370 g/mol. The number of esters is 4. The van der Waals surface area contributed by atoms with Crippen molar-refractivity contribution in [3.8, 4) is 0 Å². The summed E-state index contributed by atoms with van der Waals surface area (Å²) in [5.74, 6) is -3.78. The molecule has 0 saturated carbocycles. The van der Waals surface area contributed by atoms with Crippen LogP contribution in [0.2, 0.25) is 0 Å². The maximum absolute atomic E-state index is 14.5. The highest BCUT2D eigenvalue weighted by atomic mass is 16.8. The molecule has 26 heteroatoms. The van der Waals surface area contributed by atoms with E-state index in [2.05, 4.69) is 13.8 Å². The molecular weight excluding hydrogens is 1260 g/mol. The van der Waals surface area contributed by atoms with Gasteiger partial charge in [-0.3, -0.25) is 14.4 Å². The van der Waals surface area contributed by atoms with Crippen molar-refractivity contribution >= 4 is 30.0 Å². The molecule has 7 rings (SSSR count). The number of fused-ring (bicyclic) bond motifs is 2. The van der Waals surface area contributed by atoms with Crippen LogP contribution in [0.15, 0.2) is 36.4 Å². The van der Waals surface area contributed by atoms with Crippen molar-refractivity contribution in [3.63, 3.8) is 0 Å². The van der Waals surface area contributed by atoms with Crippen LogP contribution >= 0.6 is 0 Å². The van der Waals surface area contributed by atoms with E-state index < -0.39 is 190 Å². The van der Waals surface area contributed by atoms with Crippen molar-refractivity contribution in [2.24, 2.45) is 5.92 Å². The summed E-state index contributed by atoms with van der Waals surface area (Å²) >= 11 is 0. The Labute approximate surface area is 565 Å². The summed E-state index contributed by atoms with van der Waals surface area (Å²) in [6, 6.07) is 8.80. The fourth-order valence-corrected chi connectivity index (χ4v) is 13.0. The summed E-state index contributed by atoms with van der Waals surface area (Å²) in [7, 11) is 0. The topological polar surface area (TPSA) is 359 Å². The number of rotatable bonds is 26. The van der Waals surface area contributed by atoms with E-state index in [1.54, 1.807) is 51.1 Å². The van der Waals surface area contributed by atoms with Gasteiger partial charge in [-0.05, 0) is 71.4 Å². The van der Waals surface area contributed by atoms with Crippen molar-refractivity contribution < 1.29 is 126 Å². The summed E-state index contributed by atoms with van der Waals surface area (Å²) in [4.78, 5) is 55.8. The predicted molar refractivity (Wildman–Crippen MR) is 342 cm³/mol. The van der Waals surface area contributed by atoms with Crippen molar-refractivity contribution in [2.75, 3.05) is 6.61 Å². The van der Waals surface area contributed by atoms with Crippen LogP contribution < -0.4 is 0 Å². The smallest absolute Gasteiger partial charge is 0.331 e. The van der Waals surface area contributed by atoms with Gasteiger partial charge in [-0.15, -0.1) is 0 Å². The van der Waals surface area contributed by atoms with E-state index >= 15 is 0 Å². The molecule has 6 fully saturated rings. The predicted octanol–water partition coefficient (Wildman–Crippen LogP) is 5.79. The van der Waals surface area contributed by atoms with E-state index in [4.69, 9.17) is 66.3 Å². The van der Waals surface area contributed by atoms with Crippen molar-refractivity contribution in [1.29, 1.82) is 0 Å². The number of carbonyl (C=O) groups is 4. The summed E-state index contributed by atoms with van der Waals surface area (Å²) in [6.07, 6.45) is -22.3. The average molecular weight is 1370 g/mol. The van der Waals surface area contributed by atoms with Gasteiger partial charge in [-0.2, -0.15) is 0 Å². The average Bonchev–Trinajstić information content (AvgIpc) is 0.775. The third-order valence-corrected chi connectivity index (χ3v) is 19.1. The molecule has 0 amide bonds. The molecule has 0 bridgehead atoms. The number of hydrogen-bond acceptors (Lipinski definition) is 26. The maximum Gasteiger partial charge on any atom is 0.331 e. The molecular formula is C70H112O26. The van der Waals surface area contributed by atoms with E-state index in [1.165, 1.54) is 26.8 Å². The number of benzene rings is 1. The third-order valence-electron chi connectivity index (χ3n) is 19.1. The minimum absolute atomic E-state index is 0.0548. The fourth-order valence-electron chi connectivity index (χ4n) is 13.0. The molecule has 0 aliphatic carbocycles. The standard InChI is InChI=1S/C70H112O26/c1-9-12-14-15-17-21-29-35-48(73)91-64-63(96-66-54(79)52(77)51(76)46(38-71)88-66)59(94-68-61(90-49(74)37-36-44-30-25-23-26-31-44)55(80)57(41(6)84-68)92-65(82)39(4)11-3)43(8)86-70(64)93-58-42(7)85-69-62(56(58)81)89-47(72)34-28-22-19-16-18-20-27-33-45(32-24-13-10-2)87-67-60(95-69)53(78)50(75)40(5)83-67/h23,25-26,30-31,36-37,39-43,45-46,50-64,66-71,75-81H,9-22,24,27-29,32-35,38H2,1-8H3. The van der Waals surface area contributed by atoms with Crippen molar-refractivity contribution in [3.05, 3.63) is 42.0 Å². The lowest BCUT2D eigenvalue weighted by molar-refractivity contribution is -0.400. The first-order chi connectivity index (χ1) is 46.1. The molecule has 8 N–H and O–H groups in total. The molecule has 6 heterocycles. The normalized spacial score (nSPS) is 38.8. The zero-order valence-corrected chi connectivity index (χ0v) is 57.3.